The molecule has 258 valence electrons. The average molecular weight is 707 g/mol. The zero-order valence-electron chi connectivity index (χ0n) is 30.0. The summed E-state index contributed by atoms with van der Waals surface area (Å²) >= 11 is 5.62. The van der Waals surface area contributed by atoms with Crippen LogP contribution in [0, 0.1) is 0 Å². The monoisotopic (exact) mass is 706 g/mol. The molecule has 2 aromatic carbocycles. The third-order valence-electron chi connectivity index (χ3n) is 8.87. The minimum absolute atomic E-state index is 1.14. The smallest absolute Gasteiger partial charge is 0.0449 e. The van der Waals surface area contributed by atoms with E-state index in [1.807, 2.05) is 34.0 Å². The lowest BCUT2D eigenvalue weighted by molar-refractivity contribution is 0.678. The molecular formula is C44H54N2S3. The Morgan fingerprint density at radius 2 is 0.714 bits per heavy atom. The van der Waals surface area contributed by atoms with E-state index in [4.69, 9.17) is 0 Å². The van der Waals surface area contributed by atoms with E-state index in [-0.39, 0.29) is 0 Å². The maximum Gasteiger partial charge on any atom is 0.0449 e. The standard InChI is InChI=1S/C44H54N2S3/c1-5-9-31-45(32-10-6-2)37-19-13-35(14-20-37)17-23-39-25-27-41(47-39)43-29-30-44(49-43)42-28-26-40(48-42)24-18-36-15-21-38(22-16-36)46(33-11-7-3)34-12-8-4/h13-30H,5-12,31-34H2,1-4H3/b23-17+,24-18+. The molecule has 0 radical (unpaired) electrons. The Balaban J connectivity index is 1.17. The highest BCUT2D eigenvalue weighted by Crippen LogP contribution is 2.40. The summed E-state index contributed by atoms with van der Waals surface area (Å²) in [5.41, 5.74) is 5.19. The van der Waals surface area contributed by atoms with E-state index in [1.165, 1.54) is 103 Å². The van der Waals surface area contributed by atoms with Gasteiger partial charge in [0.25, 0.3) is 0 Å². The maximum atomic E-state index is 2.55. The van der Waals surface area contributed by atoms with Crippen molar-refractivity contribution in [2.75, 3.05) is 36.0 Å². The van der Waals surface area contributed by atoms with Gasteiger partial charge >= 0.3 is 0 Å². The van der Waals surface area contributed by atoms with Crippen LogP contribution in [0.1, 0.15) is 99.9 Å². The summed E-state index contributed by atoms with van der Waals surface area (Å²) in [4.78, 5) is 13.0. The van der Waals surface area contributed by atoms with Gasteiger partial charge < -0.3 is 9.80 Å². The number of hydrogen-bond donors (Lipinski definition) is 0. The number of rotatable bonds is 20. The van der Waals surface area contributed by atoms with Crippen LogP contribution in [0.25, 0.3) is 43.8 Å². The normalized spacial score (nSPS) is 11.7. The van der Waals surface area contributed by atoms with E-state index in [2.05, 4.69) is 147 Å². The molecule has 0 aliphatic heterocycles. The predicted octanol–water partition coefficient (Wildman–Crippen LogP) is 14.4. The summed E-state index contributed by atoms with van der Waals surface area (Å²) in [6, 6.07) is 31.8. The van der Waals surface area contributed by atoms with Crippen molar-refractivity contribution in [1.82, 2.24) is 0 Å². The third kappa shape index (κ3) is 11.1. The number of nitrogens with zero attached hydrogens (tertiary/aromatic N) is 2. The van der Waals surface area contributed by atoms with Gasteiger partial charge in [0.1, 0.15) is 0 Å². The third-order valence-corrected chi connectivity index (χ3v) is 12.4. The summed E-state index contributed by atoms with van der Waals surface area (Å²) in [6.07, 6.45) is 18.9. The second-order valence-electron chi connectivity index (χ2n) is 12.8. The summed E-state index contributed by atoms with van der Waals surface area (Å²) in [5, 5.41) is 0. The van der Waals surface area contributed by atoms with E-state index in [1.54, 1.807) is 0 Å². The Hall–Kier alpha value is -3.38. The van der Waals surface area contributed by atoms with Crippen molar-refractivity contribution in [3.8, 4) is 19.5 Å². The van der Waals surface area contributed by atoms with Crippen molar-refractivity contribution in [2.24, 2.45) is 0 Å². The van der Waals surface area contributed by atoms with Crippen LogP contribution in [0.5, 0.6) is 0 Å². The van der Waals surface area contributed by atoms with Crippen molar-refractivity contribution in [3.63, 3.8) is 0 Å². The molecule has 0 aliphatic rings. The van der Waals surface area contributed by atoms with E-state index in [0.717, 1.165) is 26.2 Å². The van der Waals surface area contributed by atoms with Crippen LogP contribution in [0.3, 0.4) is 0 Å². The SMILES string of the molecule is CCCCN(CCCC)c1ccc(/C=C/c2ccc(-c3ccc(-c4ccc(/C=C/c5ccc(N(CCCC)CCCC)cc5)s4)s3)s2)cc1. The molecule has 0 amide bonds. The molecule has 0 unspecified atom stereocenters. The van der Waals surface area contributed by atoms with Crippen molar-refractivity contribution in [3.05, 3.63) is 106 Å². The lowest BCUT2D eigenvalue weighted by Gasteiger charge is -2.24. The van der Waals surface area contributed by atoms with E-state index in [0.29, 0.717) is 0 Å². The number of anilines is 2. The molecule has 2 nitrogen and oxygen atoms in total. The summed E-state index contributed by atoms with van der Waals surface area (Å²) < 4.78 is 0. The number of unbranched alkanes of at least 4 members (excludes halogenated alkanes) is 4. The van der Waals surface area contributed by atoms with Gasteiger partial charge in [0.05, 0.1) is 0 Å². The number of hydrogen-bond acceptors (Lipinski definition) is 5. The second kappa shape index (κ2) is 19.7. The minimum Gasteiger partial charge on any atom is -0.372 e. The average Bonchev–Trinajstić information content (AvgIpc) is 3.92. The fraction of sp³-hybridized carbons (Fsp3) is 0.364. The summed E-state index contributed by atoms with van der Waals surface area (Å²) in [5.74, 6) is 0. The Labute approximate surface area is 308 Å². The fourth-order valence-electron chi connectivity index (χ4n) is 5.84. The first kappa shape index (κ1) is 36.9. The Bertz CT molecular complexity index is 1580. The molecule has 3 heterocycles. The van der Waals surface area contributed by atoms with Gasteiger partial charge in [0.15, 0.2) is 0 Å². The Morgan fingerprint density at radius 3 is 1.06 bits per heavy atom. The second-order valence-corrected chi connectivity index (χ2v) is 16.1. The van der Waals surface area contributed by atoms with Crippen molar-refractivity contribution >= 4 is 69.7 Å². The van der Waals surface area contributed by atoms with Crippen LogP contribution in [-0.2, 0) is 0 Å². The molecule has 0 saturated heterocycles. The van der Waals surface area contributed by atoms with Gasteiger partial charge in [0, 0.05) is 66.8 Å². The van der Waals surface area contributed by atoms with Gasteiger partial charge in [-0.15, -0.1) is 34.0 Å². The first-order valence-corrected chi connectivity index (χ1v) is 20.9. The van der Waals surface area contributed by atoms with Crippen LogP contribution in [0.2, 0.25) is 0 Å². The summed E-state index contributed by atoms with van der Waals surface area (Å²) in [7, 11) is 0. The number of thiophene rings is 3. The molecule has 0 fully saturated rings. The van der Waals surface area contributed by atoms with Crippen LogP contribution < -0.4 is 9.80 Å². The van der Waals surface area contributed by atoms with Crippen LogP contribution in [0.15, 0.2) is 84.9 Å². The lowest BCUT2D eigenvalue weighted by atomic mass is 10.1. The Morgan fingerprint density at radius 1 is 0.388 bits per heavy atom. The molecule has 0 N–H and O–H groups in total. The van der Waals surface area contributed by atoms with Gasteiger partial charge in [-0.1, -0.05) is 89.8 Å². The number of benzene rings is 2. The van der Waals surface area contributed by atoms with Gasteiger partial charge in [-0.25, -0.2) is 0 Å². The first-order valence-electron chi connectivity index (χ1n) is 18.5. The van der Waals surface area contributed by atoms with Gasteiger partial charge in [-0.3, -0.25) is 0 Å². The van der Waals surface area contributed by atoms with Crippen LogP contribution >= 0.6 is 34.0 Å². The highest BCUT2D eigenvalue weighted by atomic mass is 32.1. The zero-order chi connectivity index (χ0) is 34.3. The van der Waals surface area contributed by atoms with Gasteiger partial charge in [-0.2, -0.15) is 0 Å². The Kier molecular flexibility index (Phi) is 14.8. The predicted molar refractivity (Wildman–Crippen MR) is 226 cm³/mol. The fourth-order valence-corrected chi connectivity index (χ4v) is 8.85. The molecule has 0 aliphatic carbocycles. The molecule has 5 heteroatoms. The van der Waals surface area contributed by atoms with Crippen molar-refractivity contribution in [2.45, 2.75) is 79.1 Å². The van der Waals surface area contributed by atoms with Crippen molar-refractivity contribution < 1.29 is 0 Å². The van der Waals surface area contributed by atoms with E-state index < -0.39 is 0 Å². The van der Waals surface area contributed by atoms with E-state index >= 15 is 0 Å². The summed E-state index contributed by atoms with van der Waals surface area (Å²) in [6.45, 7) is 13.7. The molecule has 0 spiro atoms. The molecule has 0 bridgehead atoms. The van der Waals surface area contributed by atoms with Crippen LogP contribution in [-0.4, -0.2) is 26.2 Å². The lowest BCUT2D eigenvalue weighted by Crippen LogP contribution is -2.25. The van der Waals surface area contributed by atoms with E-state index in [9.17, 15) is 0 Å². The van der Waals surface area contributed by atoms with Gasteiger partial charge in [0.2, 0.25) is 0 Å². The highest BCUT2D eigenvalue weighted by Gasteiger charge is 2.10. The van der Waals surface area contributed by atoms with Crippen LogP contribution in [0.4, 0.5) is 11.4 Å². The minimum atomic E-state index is 1.14. The zero-order valence-corrected chi connectivity index (χ0v) is 32.4. The quantitative estimate of drug-likeness (QED) is 0.0795. The van der Waals surface area contributed by atoms with Crippen molar-refractivity contribution in [1.29, 1.82) is 0 Å². The maximum absolute atomic E-state index is 2.55. The molecule has 5 rings (SSSR count). The topological polar surface area (TPSA) is 6.48 Å². The largest absolute Gasteiger partial charge is 0.372 e. The first-order chi connectivity index (χ1) is 24.1. The molecule has 0 saturated carbocycles. The molecule has 3 aromatic heterocycles. The molecule has 0 atom stereocenters. The highest BCUT2D eigenvalue weighted by molar-refractivity contribution is 7.26. The molecule has 5 aromatic rings. The van der Waals surface area contributed by atoms with Gasteiger partial charge in [-0.05, 0) is 110 Å². The molecule has 49 heavy (non-hydrogen) atoms. The molecular weight excluding hydrogens is 653 g/mol.